The van der Waals surface area contributed by atoms with Gasteiger partial charge in [-0.05, 0) is 48.6 Å². The third-order valence-corrected chi connectivity index (χ3v) is 8.20. The molecule has 1 fully saturated rings. The van der Waals surface area contributed by atoms with Crippen molar-refractivity contribution in [2.24, 2.45) is 11.6 Å². The van der Waals surface area contributed by atoms with E-state index in [1.165, 1.54) is 29.6 Å². The Labute approximate surface area is 242 Å². The lowest BCUT2D eigenvalue weighted by Crippen LogP contribution is -2.32. The van der Waals surface area contributed by atoms with Crippen LogP contribution in [0.25, 0.3) is 11.0 Å². The normalized spacial score (nSPS) is 13.9. The largest absolute Gasteiger partial charge is 0.393 e. The molecule has 4 atom stereocenters. The molecule has 5 rings (SSSR count). The number of halogens is 1. The van der Waals surface area contributed by atoms with Gasteiger partial charge in [-0.15, -0.1) is 37.0 Å². The van der Waals surface area contributed by atoms with Crippen molar-refractivity contribution in [1.82, 2.24) is 29.3 Å². The second kappa shape index (κ2) is 12.4. The van der Waals surface area contributed by atoms with Crippen LogP contribution in [0.3, 0.4) is 0 Å². The van der Waals surface area contributed by atoms with Gasteiger partial charge >= 0.3 is 0 Å². The average Bonchev–Trinajstić information content (AvgIpc) is 3.53. The molecule has 0 aromatic carbocycles. The molecule has 1 amide bonds. The van der Waals surface area contributed by atoms with Gasteiger partial charge < -0.3 is 20.5 Å². The van der Waals surface area contributed by atoms with Crippen molar-refractivity contribution < 1.29 is 4.79 Å². The summed E-state index contributed by atoms with van der Waals surface area (Å²) in [5.74, 6) is 6.35. The van der Waals surface area contributed by atoms with Gasteiger partial charge in [0.2, 0.25) is 0 Å². The van der Waals surface area contributed by atoms with Gasteiger partial charge in [-0.3, -0.25) is 4.79 Å². The number of hydrazine groups is 1. The maximum absolute atomic E-state index is 12.6. The number of carbonyl (C=O) groups is 1. The van der Waals surface area contributed by atoms with Crippen LogP contribution in [-0.2, 0) is 22.5 Å². The second-order valence-electron chi connectivity index (χ2n) is 9.32. The van der Waals surface area contributed by atoms with Gasteiger partial charge in [0.1, 0.15) is 5.70 Å². The summed E-state index contributed by atoms with van der Waals surface area (Å²) in [5.41, 5.74) is 11.7. The number of aromatic nitrogens is 4. The molecule has 0 aliphatic heterocycles. The molecule has 14 heteroatoms. The van der Waals surface area contributed by atoms with Crippen LogP contribution in [0.5, 0.6) is 0 Å². The number of nitrogens with two attached hydrogens (primary N) is 2. The van der Waals surface area contributed by atoms with E-state index in [4.69, 9.17) is 28.3 Å². The minimum absolute atomic E-state index is 0.0190. The van der Waals surface area contributed by atoms with Gasteiger partial charge in [-0.25, -0.2) is 15.3 Å². The SMILES string of the molecule is CC.N/C(=C\N(N)Cc1cc2cc(C3CC3)cc(C(P)(P)P)n2n1)C(=O)NCc1ncn2ccc(Cl)c(P)c12. The van der Waals surface area contributed by atoms with Crippen LogP contribution >= 0.6 is 48.6 Å². The first-order valence-electron chi connectivity index (χ1n) is 12.6. The Balaban J connectivity index is 0.00000172. The highest BCUT2D eigenvalue weighted by Crippen LogP contribution is 2.48. The summed E-state index contributed by atoms with van der Waals surface area (Å²) in [6, 6.07) is 8.21. The van der Waals surface area contributed by atoms with Crippen molar-refractivity contribution in [1.29, 1.82) is 0 Å². The van der Waals surface area contributed by atoms with Gasteiger partial charge in [-0.1, -0.05) is 25.4 Å². The smallest absolute Gasteiger partial charge is 0.269 e. The second-order valence-corrected chi connectivity index (χ2v) is 15.2. The Morgan fingerprint density at radius 1 is 1.28 bits per heavy atom. The molecular weight excluding hydrogens is 588 g/mol. The van der Waals surface area contributed by atoms with E-state index in [0.29, 0.717) is 16.6 Å². The zero-order chi connectivity index (χ0) is 28.5. The van der Waals surface area contributed by atoms with Gasteiger partial charge in [-0.2, -0.15) is 5.10 Å². The number of nitrogens with zero attached hydrogens (tertiary/aromatic N) is 5. The highest BCUT2D eigenvalue weighted by Gasteiger charge is 2.28. The summed E-state index contributed by atoms with van der Waals surface area (Å²) in [6.07, 6.45) is 7.34. The van der Waals surface area contributed by atoms with Gasteiger partial charge in [0.15, 0.2) is 0 Å². The molecular formula is C25H35ClN8OP4. The molecule has 5 N–H and O–H groups in total. The maximum Gasteiger partial charge on any atom is 0.269 e. The summed E-state index contributed by atoms with van der Waals surface area (Å²) in [7, 11) is 11.1. The molecule has 0 bridgehead atoms. The molecule has 4 unspecified atom stereocenters. The molecule has 1 aliphatic carbocycles. The number of pyridine rings is 2. The van der Waals surface area contributed by atoms with E-state index < -0.39 is 5.91 Å². The van der Waals surface area contributed by atoms with Crippen LogP contribution in [0.15, 0.2) is 48.7 Å². The van der Waals surface area contributed by atoms with Gasteiger partial charge in [0.25, 0.3) is 5.91 Å². The van der Waals surface area contributed by atoms with Gasteiger partial charge in [0, 0.05) is 17.7 Å². The minimum atomic E-state index is -0.450. The summed E-state index contributed by atoms with van der Waals surface area (Å²) >= 11 is 6.23. The Kier molecular flexibility index (Phi) is 9.54. The number of hydrogen-bond acceptors (Lipinski definition) is 6. The highest BCUT2D eigenvalue weighted by atomic mass is 35.5. The lowest BCUT2D eigenvalue weighted by molar-refractivity contribution is -0.117. The number of amides is 1. The van der Waals surface area contributed by atoms with Crippen molar-refractivity contribution in [3.05, 3.63) is 76.4 Å². The number of imidazole rings is 1. The maximum atomic E-state index is 12.6. The topological polar surface area (TPSA) is 119 Å². The molecule has 1 saturated carbocycles. The van der Waals surface area contributed by atoms with E-state index in [9.17, 15) is 4.79 Å². The van der Waals surface area contributed by atoms with Crippen molar-refractivity contribution >= 4 is 70.8 Å². The van der Waals surface area contributed by atoms with Crippen LogP contribution < -0.4 is 22.2 Å². The molecule has 0 spiro atoms. The number of nitrogens with one attached hydrogen (secondary N) is 1. The highest BCUT2D eigenvalue weighted by molar-refractivity contribution is 7.56. The zero-order valence-electron chi connectivity index (χ0n) is 21.9. The van der Waals surface area contributed by atoms with Crippen LogP contribution in [0.2, 0.25) is 5.02 Å². The monoisotopic (exact) mass is 622 g/mol. The standard InChI is InChI=1S/C23H29ClN8OP4.C2H6/c24-16-3-4-30-11-28-18(20(30)21(16)34)8-27-22(33)17(25)10-31(26)9-14-7-15-5-13(12-1-2-12)6-19(23(35,36)37)32(15)29-14;1-2/h3-7,10-12H,1-2,8-9,25-26,34-37H2,(H,27,33);1-2H3/b17-10-;. The molecule has 4 aromatic heterocycles. The molecule has 0 radical (unpaired) electrons. The van der Waals surface area contributed by atoms with Crippen LogP contribution in [0, 0.1) is 0 Å². The fraction of sp³-hybridized carbons (Fsp3) is 0.320. The number of fused-ring (bicyclic) bond motifs is 2. The Morgan fingerprint density at radius 3 is 2.67 bits per heavy atom. The van der Waals surface area contributed by atoms with Crippen LogP contribution in [0.1, 0.15) is 55.3 Å². The summed E-state index contributed by atoms with van der Waals surface area (Å²) in [4.78, 5) is 17.0. The van der Waals surface area contributed by atoms with E-state index in [2.05, 4.69) is 59.4 Å². The molecule has 0 saturated heterocycles. The first kappa shape index (κ1) is 30.1. The fourth-order valence-electron chi connectivity index (χ4n) is 4.23. The van der Waals surface area contributed by atoms with Gasteiger partial charge in [0.05, 0.1) is 57.2 Å². The predicted octanol–water partition coefficient (Wildman–Crippen LogP) is 3.57. The van der Waals surface area contributed by atoms with E-state index in [1.54, 1.807) is 12.4 Å². The lowest BCUT2D eigenvalue weighted by Gasteiger charge is -2.21. The number of hydrogen-bond donors (Lipinski definition) is 3. The minimum Gasteiger partial charge on any atom is -0.393 e. The fourth-order valence-corrected chi connectivity index (χ4v) is 5.41. The third kappa shape index (κ3) is 6.91. The Bertz CT molecular complexity index is 1540. The lowest BCUT2D eigenvalue weighted by atomic mass is 10.1. The van der Waals surface area contributed by atoms with E-state index in [0.717, 1.165) is 27.7 Å². The molecule has 4 aromatic rings. The van der Waals surface area contributed by atoms with E-state index in [1.807, 2.05) is 35.0 Å². The average molecular weight is 623 g/mol. The van der Waals surface area contributed by atoms with Crippen molar-refractivity contribution in [2.75, 3.05) is 0 Å². The van der Waals surface area contributed by atoms with E-state index >= 15 is 0 Å². The molecule has 39 heavy (non-hydrogen) atoms. The quantitative estimate of drug-likeness (QED) is 0.120. The number of rotatable bonds is 8. The summed E-state index contributed by atoms with van der Waals surface area (Å²) < 4.78 is 3.48. The first-order chi connectivity index (χ1) is 18.5. The van der Waals surface area contributed by atoms with Crippen LogP contribution in [0.4, 0.5) is 0 Å². The van der Waals surface area contributed by atoms with E-state index in [-0.39, 0.29) is 23.4 Å². The molecule has 208 valence electrons. The zero-order valence-corrected chi connectivity index (χ0v) is 27.3. The third-order valence-electron chi connectivity index (χ3n) is 6.22. The van der Waals surface area contributed by atoms with Crippen molar-refractivity contribution in [3.63, 3.8) is 0 Å². The number of carbonyl (C=O) groups excluding carboxylic acids is 1. The van der Waals surface area contributed by atoms with Crippen LogP contribution in [-0.4, -0.2) is 29.9 Å². The summed E-state index contributed by atoms with van der Waals surface area (Å²) in [6.45, 7) is 4.47. The Hall–Kier alpha value is -1.84. The van der Waals surface area contributed by atoms with Crippen molar-refractivity contribution in [2.45, 2.75) is 50.3 Å². The molecule has 1 aliphatic rings. The molecule has 9 nitrogen and oxygen atoms in total. The first-order valence-corrected chi connectivity index (χ1v) is 15.3. The Morgan fingerprint density at radius 2 is 2.00 bits per heavy atom. The predicted molar refractivity (Wildman–Crippen MR) is 173 cm³/mol. The summed E-state index contributed by atoms with van der Waals surface area (Å²) in [5, 5.41) is 10.3. The van der Waals surface area contributed by atoms with Crippen molar-refractivity contribution in [3.8, 4) is 0 Å². The molecule has 4 heterocycles.